The van der Waals surface area contributed by atoms with E-state index in [9.17, 15) is 33.7 Å². The summed E-state index contributed by atoms with van der Waals surface area (Å²) in [6.45, 7) is -0.367. The van der Waals surface area contributed by atoms with Gasteiger partial charge in [0.1, 0.15) is 17.6 Å². The van der Waals surface area contributed by atoms with E-state index in [2.05, 4.69) is 5.32 Å². The first-order chi connectivity index (χ1) is 20.1. The van der Waals surface area contributed by atoms with Crippen molar-refractivity contribution in [2.45, 2.75) is 22.7 Å². The van der Waals surface area contributed by atoms with Crippen LogP contribution >= 0.6 is 34.7 Å². The Morgan fingerprint density at radius 2 is 1.64 bits per heavy atom. The number of imide groups is 1. The number of nitrogens with zero attached hydrogens (tertiary/aromatic N) is 3. The third kappa shape index (κ3) is 4.89. The predicted octanol–water partition coefficient (Wildman–Crippen LogP) is 5.05. The quantitative estimate of drug-likeness (QED) is 0.180. The van der Waals surface area contributed by atoms with Gasteiger partial charge in [0.15, 0.2) is 0 Å². The summed E-state index contributed by atoms with van der Waals surface area (Å²) in [6, 6.07) is 17.1. The fraction of sp³-hybridized carbons (Fsp3) is 0.143. The molecule has 0 bridgehead atoms. The summed E-state index contributed by atoms with van der Waals surface area (Å²) < 4.78 is 14.5. The van der Waals surface area contributed by atoms with Gasteiger partial charge in [-0.2, -0.15) is 0 Å². The van der Waals surface area contributed by atoms with Crippen molar-refractivity contribution >= 4 is 69.5 Å². The standard InChI is InChI=1S/C28H18ClFN4O6S2/c29-15-3-1-14(2-4-15)21-22-23(26(37)33(25(22)36)18-9-11-19(12-10-18)34(39)40)41-27-24(21)42-28(38)32(27)13-20(35)31-17-7-5-16(30)6-8-17/h1-12,21-23H,13H2,(H,31,35)/t21-,22-,23+/m0/s1. The number of benzene rings is 3. The zero-order chi connectivity index (χ0) is 29.7. The second-order valence-corrected chi connectivity index (χ2v) is 12.1. The first kappa shape index (κ1) is 27.8. The highest BCUT2D eigenvalue weighted by Crippen LogP contribution is 2.54. The number of thiazole rings is 1. The molecule has 0 spiro atoms. The Morgan fingerprint density at radius 3 is 2.29 bits per heavy atom. The first-order valence-corrected chi connectivity index (χ1v) is 14.5. The van der Waals surface area contributed by atoms with Crippen LogP contribution in [0.5, 0.6) is 0 Å². The van der Waals surface area contributed by atoms with Crippen molar-refractivity contribution in [2.24, 2.45) is 5.92 Å². The smallest absolute Gasteiger partial charge is 0.308 e. The molecule has 2 aliphatic heterocycles. The largest absolute Gasteiger partial charge is 0.325 e. The molecule has 2 aliphatic rings. The number of thioether (sulfide) groups is 1. The van der Waals surface area contributed by atoms with Crippen molar-refractivity contribution in [3.05, 3.63) is 114 Å². The number of nitro groups is 1. The number of nitrogens with one attached hydrogen (secondary N) is 1. The monoisotopic (exact) mass is 624 g/mol. The molecule has 0 saturated carbocycles. The van der Waals surface area contributed by atoms with Crippen LogP contribution in [0.3, 0.4) is 0 Å². The van der Waals surface area contributed by atoms with Gasteiger partial charge in [0.25, 0.3) is 5.69 Å². The number of amides is 3. The average Bonchev–Trinajstić information content (AvgIpc) is 3.41. The maximum atomic E-state index is 13.9. The molecule has 1 N–H and O–H groups in total. The molecule has 0 aliphatic carbocycles. The number of aromatic nitrogens is 1. The number of hydrogen-bond acceptors (Lipinski definition) is 8. The van der Waals surface area contributed by atoms with Crippen LogP contribution in [0, 0.1) is 21.8 Å². The summed E-state index contributed by atoms with van der Waals surface area (Å²) in [5.74, 6) is -3.61. The molecular weight excluding hydrogens is 607 g/mol. The normalized spacial score (nSPS) is 19.4. The minimum Gasteiger partial charge on any atom is -0.325 e. The number of rotatable bonds is 6. The van der Waals surface area contributed by atoms with Crippen LogP contribution in [0.2, 0.25) is 5.02 Å². The van der Waals surface area contributed by atoms with Crippen molar-refractivity contribution in [1.82, 2.24) is 4.57 Å². The van der Waals surface area contributed by atoms with E-state index >= 15 is 0 Å². The molecule has 0 unspecified atom stereocenters. The predicted molar refractivity (Wildman–Crippen MR) is 156 cm³/mol. The Kier molecular flexibility index (Phi) is 7.17. The Morgan fingerprint density at radius 1 is 0.976 bits per heavy atom. The van der Waals surface area contributed by atoms with Gasteiger partial charge in [0.2, 0.25) is 17.7 Å². The van der Waals surface area contributed by atoms with Crippen LogP contribution in [0.15, 0.2) is 82.6 Å². The van der Waals surface area contributed by atoms with Crippen LogP contribution in [0.4, 0.5) is 21.5 Å². The third-order valence-electron chi connectivity index (χ3n) is 7.03. The average molecular weight is 625 g/mol. The molecule has 42 heavy (non-hydrogen) atoms. The van der Waals surface area contributed by atoms with Crippen molar-refractivity contribution < 1.29 is 23.7 Å². The molecular formula is C28H18ClFN4O6S2. The Bertz CT molecular complexity index is 1810. The Hall–Kier alpha value is -4.33. The molecule has 14 heteroatoms. The Labute approximate surface area is 249 Å². The molecule has 3 aromatic carbocycles. The number of nitro benzene ring substituents is 1. The van der Waals surface area contributed by atoms with E-state index < -0.39 is 50.4 Å². The van der Waals surface area contributed by atoms with Gasteiger partial charge in [0.05, 0.1) is 21.6 Å². The van der Waals surface area contributed by atoms with Gasteiger partial charge < -0.3 is 5.32 Å². The van der Waals surface area contributed by atoms with Crippen molar-refractivity contribution in [3.8, 4) is 0 Å². The molecule has 1 fully saturated rings. The van der Waals surface area contributed by atoms with E-state index in [-0.39, 0.29) is 17.9 Å². The van der Waals surface area contributed by atoms with Gasteiger partial charge in [0, 0.05) is 33.6 Å². The minimum atomic E-state index is -0.929. The molecule has 10 nitrogen and oxygen atoms in total. The van der Waals surface area contributed by atoms with Gasteiger partial charge in [-0.3, -0.25) is 33.9 Å². The van der Waals surface area contributed by atoms with Crippen LogP contribution in [0.1, 0.15) is 16.4 Å². The highest BCUT2D eigenvalue weighted by atomic mass is 35.5. The van der Waals surface area contributed by atoms with E-state index in [1.165, 1.54) is 53.1 Å². The molecule has 6 rings (SSSR count). The number of carbonyl (C=O) groups excluding carboxylic acids is 3. The molecule has 1 aromatic heterocycles. The second-order valence-electron chi connectivity index (χ2n) is 9.56. The molecule has 3 amide bonds. The summed E-state index contributed by atoms with van der Waals surface area (Å²) in [4.78, 5) is 65.4. The lowest BCUT2D eigenvalue weighted by atomic mass is 9.83. The number of hydrogen-bond donors (Lipinski definition) is 1. The highest BCUT2D eigenvalue weighted by molar-refractivity contribution is 8.00. The van der Waals surface area contributed by atoms with Gasteiger partial charge in [-0.15, -0.1) is 0 Å². The number of carbonyl (C=O) groups is 3. The van der Waals surface area contributed by atoms with Crippen LogP contribution < -0.4 is 15.1 Å². The van der Waals surface area contributed by atoms with Gasteiger partial charge >= 0.3 is 4.87 Å². The summed E-state index contributed by atoms with van der Waals surface area (Å²) >= 11 is 8.05. The Balaban J connectivity index is 1.39. The number of anilines is 2. The van der Waals surface area contributed by atoms with Gasteiger partial charge in [-0.25, -0.2) is 9.29 Å². The molecule has 0 radical (unpaired) electrons. The van der Waals surface area contributed by atoms with E-state index in [4.69, 9.17) is 11.6 Å². The molecule has 3 heterocycles. The number of fused-ring (bicyclic) bond motifs is 2. The maximum absolute atomic E-state index is 13.9. The van der Waals surface area contributed by atoms with Crippen LogP contribution in [-0.4, -0.2) is 32.5 Å². The molecule has 4 aromatic rings. The lowest BCUT2D eigenvalue weighted by Gasteiger charge is -2.30. The lowest BCUT2D eigenvalue weighted by molar-refractivity contribution is -0.384. The molecule has 3 atom stereocenters. The zero-order valence-corrected chi connectivity index (χ0v) is 23.6. The zero-order valence-electron chi connectivity index (χ0n) is 21.2. The second kappa shape index (κ2) is 10.8. The summed E-state index contributed by atoms with van der Waals surface area (Å²) in [5.41, 5.74) is 1.01. The summed E-state index contributed by atoms with van der Waals surface area (Å²) in [7, 11) is 0. The molecule has 1 saturated heterocycles. The van der Waals surface area contributed by atoms with Gasteiger partial charge in [-0.1, -0.05) is 46.8 Å². The number of non-ortho nitro benzene ring substituents is 1. The molecule has 212 valence electrons. The third-order valence-corrected chi connectivity index (χ3v) is 9.88. The SMILES string of the molecule is O=C(Cn1c2c(sc1=O)[C@@H](c1ccc(Cl)cc1)[C@@H]1C(=O)N(c3ccc([N+](=O)[O-])cc3)C(=O)[C@@H]1S2)Nc1ccc(F)cc1. The summed E-state index contributed by atoms with van der Waals surface area (Å²) in [5, 5.41) is 13.7. The van der Waals surface area contributed by atoms with Crippen molar-refractivity contribution in [3.63, 3.8) is 0 Å². The highest BCUT2D eigenvalue weighted by Gasteiger charge is 2.56. The fourth-order valence-electron chi connectivity index (χ4n) is 5.14. The maximum Gasteiger partial charge on any atom is 0.308 e. The van der Waals surface area contributed by atoms with E-state index in [0.29, 0.717) is 26.2 Å². The minimum absolute atomic E-state index is 0.186. The number of halogens is 2. The van der Waals surface area contributed by atoms with E-state index in [0.717, 1.165) is 28.0 Å². The topological polar surface area (TPSA) is 132 Å². The van der Waals surface area contributed by atoms with Crippen molar-refractivity contribution in [2.75, 3.05) is 10.2 Å². The fourth-order valence-corrected chi connectivity index (χ4v) is 8.04. The van der Waals surface area contributed by atoms with E-state index in [1.807, 2.05) is 0 Å². The summed E-state index contributed by atoms with van der Waals surface area (Å²) in [6.07, 6.45) is 0. The van der Waals surface area contributed by atoms with Crippen LogP contribution in [-0.2, 0) is 20.9 Å². The van der Waals surface area contributed by atoms with E-state index in [1.54, 1.807) is 24.3 Å². The van der Waals surface area contributed by atoms with Crippen LogP contribution in [0.25, 0.3) is 0 Å². The lowest BCUT2D eigenvalue weighted by Crippen LogP contribution is -2.33. The van der Waals surface area contributed by atoms with Gasteiger partial charge in [-0.05, 0) is 54.1 Å². The first-order valence-electron chi connectivity index (χ1n) is 12.5. The van der Waals surface area contributed by atoms with Crippen molar-refractivity contribution in [1.29, 1.82) is 0 Å².